The van der Waals surface area contributed by atoms with Gasteiger partial charge in [-0.05, 0) is 54.3 Å². The highest BCUT2D eigenvalue weighted by atomic mass is 35.5. The lowest BCUT2D eigenvalue weighted by Crippen LogP contribution is -2.28. The van der Waals surface area contributed by atoms with Crippen LogP contribution >= 0.6 is 12.4 Å². The minimum atomic E-state index is -0.784. The van der Waals surface area contributed by atoms with Crippen molar-refractivity contribution in [3.63, 3.8) is 0 Å². The van der Waals surface area contributed by atoms with Gasteiger partial charge in [-0.3, -0.25) is 9.80 Å². The number of benzene rings is 2. The Morgan fingerprint density at radius 3 is 2.41 bits per heavy atom. The molecule has 0 saturated carbocycles. The largest absolute Gasteiger partial charge is 0.497 e. The summed E-state index contributed by atoms with van der Waals surface area (Å²) in [5.74, 6) is 0.486. The first-order chi connectivity index (χ1) is 12.5. The first-order valence-corrected chi connectivity index (χ1v) is 9.05. The topological polar surface area (TPSA) is 15.7 Å². The summed E-state index contributed by atoms with van der Waals surface area (Å²) in [5.41, 5.74) is 2.15. The van der Waals surface area contributed by atoms with Gasteiger partial charge in [-0.2, -0.15) is 0 Å². The number of rotatable bonds is 4. The normalized spacial score (nSPS) is 25.3. The molecule has 0 bridgehead atoms. The van der Waals surface area contributed by atoms with E-state index in [9.17, 15) is 8.78 Å². The molecule has 0 aromatic heterocycles. The van der Waals surface area contributed by atoms with Crippen molar-refractivity contribution in [3.8, 4) is 5.75 Å². The van der Waals surface area contributed by atoms with Crippen LogP contribution in [0.3, 0.4) is 0 Å². The van der Waals surface area contributed by atoms with E-state index in [1.54, 1.807) is 13.2 Å². The van der Waals surface area contributed by atoms with Crippen LogP contribution in [0.2, 0.25) is 0 Å². The van der Waals surface area contributed by atoms with Crippen LogP contribution in [0.4, 0.5) is 8.78 Å². The second kappa shape index (κ2) is 8.13. The summed E-state index contributed by atoms with van der Waals surface area (Å²) in [5, 5.41) is 0. The highest BCUT2D eigenvalue weighted by Gasteiger charge is 2.45. The van der Waals surface area contributed by atoms with E-state index in [0.717, 1.165) is 30.9 Å². The fourth-order valence-electron chi connectivity index (χ4n) is 4.68. The summed E-state index contributed by atoms with van der Waals surface area (Å²) in [4.78, 5) is 4.80. The molecule has 4 rings (SSSR count). The van der Waals surface area contributed by atoms with Gasteiger partial charge in [0, 0.05) is 32.2 Å². The van der Waals surface area contributed by atoms with Crippen molar-refractivity contribution in [2.24, 2.45) is 11.8 Å². The first kappa shape index (κ1) is 20.1. The predicted molar refractivity (Wildman–Crippen MR) is 104 cm³/mol. The second-order valence-electron chi connectivity index (χ2n) is 7.52. The van der Waals surface area contributed by atoms with Gasteiger partial charge in [0.25, 0.3) is 0 Å². The van der Waals surface area contributed by atoms with E-state index >= 15 is 0 Å². The van der Waals surface area contributed by atoms with E-state index in [4.69, 9.17) is 4.74 Å². The zero-order chi connectivity index (χ0) is 18.3. The molecule has 2 aromatic rings. The maximum Gasteiger partial charge on any atom is 0.159 e. The number of ether oxygens (including phenoxy) is 1. The van der Waals surface area contributed by atoms with Gasteiger partial charge >= 0.3 is 0 Å². The molecule has 2 aliphatic rings. The average Bonchev–Trinajstić information content (AvgIpc) is 3.14. The summed E-state index contributed by atoms with van der Waals surface area (Å²) in [6, 6.07) is 12.9. The van der Waals surface area contributed by atoms with E-state index in [1.807, 2.05) is 12.1 Å². The lowest BCUT2D eigenvalue weighted by Gasteiger charge is -2.27. The van der Waals surface area contributed by atoms with Gasteiger partial charge in [0.15, 0.2) is 11.6 Å². The Morgan fingerprint density at radius 1 is 1.00 bits per heavy atom. The van der Waals surface area contributed by atoms with E-state index < -0.39 is 11.6 Å². The third kappa shape index (κ3) is 3.96. The van der Waals surface area contributed by atoms with Crippen molar-refractivity contribution in [2.75, 3.05) is 33.8 Å². The minimum Gasteiger partial charge on any atom is -0.497 e. The SMILES string of the molecule is COc1ccc([C@@H]2[C@@H]3CN(Cc4ccc(F)c(F)c4)C[C@@H]3CN2C)cc1.Cl. The number of fused-ring (bicyclic) bond motifs is 1. The Balaban J connectivity index is 0.00000210. The van der Waals surface area contributed by atoms with Crippen LogP contribution in [0.1, 0.15) is 17.2 Å². The molecule has 2 aromatic carbocycles. The third-order valence-electron chi connectivity index (χ3n) is 5.82. The molecule has 0 spiro atoms. The van der Waals surface area contributed by atoms with Gasteiger partial charge < -0.3 is 4.74 Å². The minimum absolute atomic E-state index is 0. The van der Waals surface area contributed by atoms with Crippen LogP contribution in [0, 0.1) is 23.5 Å². The summed E-state index contributed by atoms with van der Waals surface area (Å²) >= 11 is 0. The molecule has 0 amide bonds. The Labute approximate surface area is 165 Å². The number of hydrogen-bond donors (Lipinski definition) is 0. The monoisotopic (exact) mass is 394 g/mol. The maximum atomic E-state index is 13.5. The molecule has 27 heavy (non-hydrogen) atoms. The summed E-state index contributed by atoms with van der Waals surface area (Å²) in [6.45, 7) is 3.71. The van der Waals surface area contributed by atoms with Gasteiger partial charge in [0.2, 0.25) is 0 Å². The molecule has 3 nitrogen and oxygen atoms in total. The lowest BCUT2D eigenvalue weighted by molar-refractivity contribution is 0.224. The molecule has 2 fully saturated rings. The summed E-state index contributed by atoms with van der Waals surface area (Å²) in [7, 11) is 3.87. The van der Waals surface area contributed by atoms with E-state index in [0.29, 0.717) is 24.4 Å². The number of methoxy groups -OCH3 is 1. The molecule has 0 unspecified atom stereocenters. The molecule has 146 valence electrons. The van der Waals surface area contributed by atoms with Crippen LogP contribution in [0.25, 0.3) is 0 Å². The number of likely N-dealkylation sites (tertiary alicyclic amines) is 2. The number of nitrogens with zero attached hydrogens (tertiary/aromatic N) is 2. The van der Waals surface area contributed by atoms with Gasteiger partial charge in [0.05, 0.1) is 7.11 Å². The molecule has 3 atom stereocenters. The van der Waals surface area contributed by atoms with Gasteiger partial charge in [-0.25, -0.2) is 8.78 Å². The number of hydrogen-bond acceptors (Lipinski definition) is 3. The number of halogens is 3. The van der Waals surface area contributed by atoms with Crippen LogP contribution in [-0.4, -0.2) is 43.6 Å². The second-order valence-corrected chi connectivity index (χ2v) is 7.52. The van der Waals surface area contributed by atoms with E-state index in [-0.39, 0.29) is 12.4 Å². The smallest absolute Gasteiger partial charge is 0.159 e. The Kier molecular flexibility index (Phi) is 6.04. The highest BCUT2D eigenvalue weighted by Crippen LogP contribution is 2.44. The highest BCUT2D eigenvalue weighted by molar-refractivity contribution is 5.85. The van der Waals surface area contributed by atoms with E-state index in [2.05, 4.69) is 29.0 Å². The lowest BCUT2D eigenvalue weighted by atomic mass is 9.89. The van der Waals surface area contributed by atoms with Crippen LogP contribution in [-0.2, 0) is 6.54 Å². The van der Waals surface area contributed by atoms with Gasteiger partial charge in [-0.1, -0.05) is 18.2 Å². The fourth-order valence-corrected chi connectivity index (χ4v) is 4.68. The maximum absolute atomic E-state index is 13.5. The van der Waals surface area contributed by atoms with E-state index in [1.165, 1.54) is 17.7 Å². The molecular formula is C21H25ClF2N2O. The Bertz CT molecular complexity index is 786. The average molecular weight is 395 g/mol. The van der Waals surface area contributed by atoms with Crippen LogP contribution in [0.15, 0.2) is 42.5 Å². The standard InChI is InChI=1S/C21H24F2N2O.ClH/c1-24-11-16-12-25(10-14-3-8-19(22)20(23)9-14)13-18(16)21(24)15-4-6-17(26-2)7-5-15;/h3-9,16,18,21H,10-13H2,1-2H3;1H/t16-,18+,21+;/m0./s1. The van der Waals surface area contributed by atoms with Crippen LogP contribution in [0.5, 0.6) is 5.75 Å². The molecule has 2 heterocycles. The van der Waals surface area contributed by atoms with Gasteiger partial charge in [0.1, 0.15) is 5.75 Å². The van der Waals surface area contributed by atoms with Crippen molar-refractivity contribution < 1.29 is 13.5 Å². The molecule has 2 aliphatic heterocycles. The molecule has 0 N–H and O–H groups in total. The van der Waals surface area contributed by atoms with Crippen molar-refractivity contribution in [3.05, 3.63) is 65.2 Å². The fraction of sp³-hybridized carbons (Fsp3) is 0.429. The molecule has 2 saturated heterocycles. The van der Waals surface area contributed by atoms with Crippen molar-refractivity contribution in [1.82, 2.24) is 9.80 Å². The molecule has 6 heteroatoms. The first-order valence-electron chi connectivity index (χ1n) is 9.05. The third-order valence-corrected chi connectivity index (χ3v) is 5.82. The summed E-state index contributed by atoms with van der Waals surface area (Å²) in [6.07, 6.45) is 0. The van der Waals surface area contributed by atoms with Crippen molar-refractivity contribution in [2.45, 2.75) is 12.6 Å². The molecular weight excluding hydrogens is 370 g/mol. The quantitative estimate of drug-likeness (QED) is 0.775. The van der Waals surface area contributed by atoms with Gasteiger partial charge in [-0.15, -0.1) is 12.4 Å². The predicted octanol–water partition coefficient (Wildman–Crippen LogP) is 4.13. The van der Waals surface area contributed by atoms with Crippen molar-refractivity contribution in [1.29, 1.82) is 0 Å². The van der Waals surface area contributed by atoms with Crippen molar-refractivity contribution >= 4 is 12.4 Å². The Hall–Kier alpha value is -1.69. The molecule has 0 radical (unpaired) electrons. The van der Waals surface area contributed by atoms with Crippen LogP contribution < -0.4 is 4.74 Å². The zero-order valence-corrected chi connectivity index (χ0v) is 16.4. The molecule has 0 aliphatic carbocycles. The zero-order valence-electron chi connectivity index (χ0n) is 15.6. The summed E-state index contributed by atoms with van der Waals surface area (Å²) < 4.78 is 31.9. The Morgan fingerprint density at radius 2 is 1.74 bits per heavy atom.